The Labute approximate surface area is 172 Å². The highest BCUT2D eigenvalue weighted by Gasteiger charge is 2.30. The van der Waals surface area contributed by atoms with Gasteiger partial charge in [-0.25, -0.2) is 0 Å². The number of amides is 3. The second-order valence-electron chi connectivity index (χ2n) is 7.98. The molecule has 1 unspecified atom stereocenters. The van der Waals surface area contributed by atoms with Crippen LogP contribution in [0.1, 0.15) is 50.6 Å². The van der Waals surface area contributed by atoms with Crippen molar-refractivity contribution in [1.29, 1.82) is 0 Å². The summed E-state index contributed by atoms with van der Waals surface area (Å²) in [6.07, 6.45) is 8.04. The van der Waals surface area contributed by atoms with Crippen LogP contribution in [0.4, 0.5) is 0 Å². The number of hydrogen-bond acceptors (Lipinski definition) is 4. The molecule has 0 saturated carbocycles. The second-order valence-corrected chi connectivity index (χ2v) is 7.98. The van der Waals surface area contributed by atoms with Crippen LogP contribution in [0.2, 0.25) is 0 Å². The Balaban J connectivity index is 1.32. The lowest BCUT2D eigenvalue weighted by Crippen LogP contribution is -2.46. The molecule has 2 aliphatic rings. The van der Waals surface area contributed by atoms with Crippen LogP contribution in [0.5, 0.6) is 0 Å². The molecular weight excluding hydrogens is 368 g/mol. The van der Waals surface area contributed by atoms with Crippen molar-refractivity contribution in [2.24, 2.45) is 5.92 Å². The van der Waals surface area contributed by atoms with Crippen LogP contribution < -0.4 is 5.32 Å². The normalized spacial score (nSPS) is 19.7. The van der Waals surface area contributed by atoms with Crippen molar-refractivity contribution >= 4 is 17.7 Å². The molecule has 158 valence electrons. The Morgan fingerprint density at radius 3 is 2.66 bits per heavy atom. The van der Waals surface area contributed by atoms with E-state index in [1.54, 1.807) is 11.1 Å². The van der Waals surface area contributed by atoms with Crippen molar-refractivity contribution in [1.82, 2.24) is 20.1 Å². The van der Waals surface area contributed by atoms with Crippen LogP contribution in [0.3, 0.4) is 0 Å². The molecule has 7 heteroatoms. The molecule has 1 aromatic rings. The molecule has 1 aromatic heterocycles. The minimum absolute atomic E-state index is 0.0510. The fourth-order valence-corrected chi connectivity index (χ4v) is 4.07. The summed E-state index contributed by atoms with van der Waals surface area (Å²) in [5, 5.41) is 3.03. The van der Waals surface area contributed by atoms with E-state index in [9.17, 15) is 14.4 Å². The lowest BCUT2D eigenvalue weighted by molar-refractivity contribution is -0.138. The number of likely N-dealkylation sites (tertiary alicyclic amines) is 2. The Bertz CT molecular complexity index is 695. The first-order chi connectivity index (χ1) is 14.1. The van der Waals surface area contributed by atoms with Gasteiger partial charge < -0.3 is 15.1 Å². The van der Waals surface area contributed by atoms with Gasteiger partial charge in [0.15, 0.2) is 0 Å². The molecule has 7 nitrogen and oxygen atoms in total. The third-order valence-corrected chi connectivity index (χ3v) is 5.78. The predicted molar refractivity (Wildman–Crippen MR) is 110 cm³/mol. The van der Waals surface area contributed by atoms with Gasteiger partial charge >= 0.3 is 0 Å². The molecule has 3 heterocycles. The average molecular weight is 401 g/mol. The van der Waals surface area contributed by atoms with Crippen molar-refractivity contribution in [3.05, 3.63) is 30.1 Å². The van der Waals surface area contributed by atoms with E-state index < -0.39 is 0 Å². The molecule has 3 rings (SSSR count). The SMILES string of the molecule is O=C(NCCCCc1ccccn1)C1CCC(=O)N(CCCN2CCCC2=O)C1. The maximum atomic E-state index is 12.5. The third-order valence-electron chi connectivity index (χ3n) is 5.78. The number of carbonyl (C=O) groups excluding carboxylic acids is 3. The minimum Gasteiger partial charge on any atom is -0.356 e. The summed E-state index contributed by atoms with van der Waals surface area (Å²) in [5.74, 6) is 0.263. The average Bonchev–Trinajstić information content (AvgIpc) is 3.14. The molecule has 3 amide bonds. The molecule has 0 aromatic carbocycles. The van der Waals surface area contributed by atoms with E-state index in [0.717, 1.165) is 44.3 Å². The largest absolute Gasteiger partial charge is 0.356 e. The van der Waals surface area contributed by atoms with Crippen LogP contribution in [-0.4, -0.2) is 65.2 Å². The summed E-state index contributed by atoms with van der Waals surface area (Å²) >= 11 is 0. The predicted octanol–water partition coefficient (Wildman–Crippen LogP) is 1.77. The highest BCUT2D eigenvalue weighted by molar-refractivity contribution is 5.83. The highest BCUT2D eigenvalue weighted by Crippen LogP contribution is 2.19. The van der Waals surface area contributed by atoms with E-state index in [-0.39, 0.29) is 23.6 Å². The van der Waals surface area contributed by atoms with Gasteiger partial charge in [-0.05, 0) is 50.7 Å². The summed E-state index contributed by atoms with van der Waals surface area (Å²) in [4.78, 5) is 44.4. The van der Waals surface area contributed by atoms with Gasteiger partial charge in [-0.3, -0.25) is 19.4 Å². The molecule has 0 bridgehead atoms. The second kappa shape index (κ2) is 10.9. The monoisotopic (exact) mass is 400 g/mol. The number of aromatic nitrogens is 1. The van der Waals surface area contributed by atoms with Crippen LogP contribution in [0, 0.1) is 5.92 Å². The third kappa shape index (κ3) is 6.54. The van der Waals surface area contributed by atoms with Crippen molar-refractivity contribution in [2.75, 3.05) is 32.7 Å². The van der Waals surface area contributed by atoms with E-state index in [4.69, 9.17) is 0 Å². The molecular formula is C22H32N4O3. The van der Waals surface area contributed by atoms with Crippen molar-refractivity contribution < 1.29 is 14.4 Å². The Morgan fingerprint density at radius 2 is 1.90 bits per heavy atom. The van der Waals surface area contributed by atoms with Crippen LogP contribution >= 0.6 is 0 Å². The first-order valence-corrected chi connectivity index (χ1v) is 10.9. The number of pyridine rings is 1. The van der Waals surface area contributed by atoms with E-state index in [1.165, 1.54) is 0 Å². The number of nitrogens with zero attached hydrogens (tertiary/aromatic N) is 3. The molecule has 0 radical (unpaired) electrons. The van der Waals surface area contributed by atoms with E-state index in [1.807, 2.05) is 23.1 Å². The molecule has 1 N–H and O–H groups in total. The van der Waals surface area contributed by atoms with E-state index >= 15 is 0 Å². The number of nitrogens with one attached hydrogen (secondary N) is 1. The summed E-state index contributed by atoms with van der Waals surface area (Å²) < 4.78 is 0. The van der Waals surface area contributed by atoms with Crippen LogP contribution in [0.25, 0.3) is 0 Å². The van der Waals surface area contributed by atoms with Gasteiger partial charge in [-0.1, -0.05) is 6.07 Å². The molecule has 2 saturated heterocycles. The zero-order chi connectivity index (χ0) is 20.5. The molecule has 2 aliphatic heterocycles. The lowest BCUT2D eigenvalue weighted by Gasteiger charge is -2.32. The fraction of sp³-hybridized carbons (Fsp3) is 0.636. The van der Waals surface area contributed by atoms with Crippen LogP contribution in [0.15, 0.2) is 24.4 Å². The van der Waals surface area contributed by atoms with Crippen molar-refractivity contribution in [3.63, 3.8) is 0 Å². The standard InChI is InChI=1S/C22H32N4O3/c27-20-9-5-14-25(20)15-6-16-26-17-18(10-11-21(26)28)22(29)24-13-4-2-8-19-7-1-3-12-23-19/h1,3,7,12,18H,2,4-6,8-11,13-17H2,(H,24,29). The molecule has 2 fully saturated rings. The minimum atomic E-state index is -0.128. The van der Waals surface area contributed by atoms with Gasteiger partial charge in [0.05, 0.1) is 5.92 Å². The van der Waals surface area contributed by atoms with Crippen molar-refractivity contribution in [3.8, 4) is 0 Å². The summed E-state index contributed by atoms with van der Waals surface area (Å²) in [6.45, 7) is 3.31. The maximum Gasteiger partial charge on any atom is 0.224 e. The van der Waals surface area contributed by atoms with Gasteiger partial charge in [0.25, 0.3) is 0 Å². The zero-order valence-corrected chi connectivity index (χ0v) is 17.1. The summed E-state index contributed by atoms with van der Waals surface area (Å²) in [5.41, 5.74) is 1.08. The molecule has 1 atom stereocenters. The fourth-order valence-electron chi connectivity index (χ4n) is 4.07. The van der Waals surface area contributed by atoms with Gasteiger partial charge in [0.1, 0.15) is 0 Å². The van der Waals surface area contributed by atoms with Gasteiger partial charge in [-0.2, -0.15) is 0 Å². The Hall–Kier alpha value is -2.44. The topological polar surface area (TPSA) is 82.6 Å². The molecule has 0 aliphatic carbocycles. The summed E-state index contributed by atoms with van der Waals surface area (Å²) in [7, 11) is 0. The smallest absolute Gasteiger partial charge is 0.224 e. The zero-order valence-electron chi connectivity index (χ0n) is 17.1. The number of aryl methyl sites for hydroxylation is 1. The van der Waals surface area contributed by atoms with Gasteiger partial charge in [-0.15, -0.1) is 0 Å². The highest BCUT2D eigenvalue weighted by atomic mass is 16.2. The van der Waals surface area contributed by atoms with Crippen LogP contribution in [-0.2, 0) is 20.8 Å². The first kappa shape index (κ1) is 21.3. The molecule has 29 heavy (non-hydrogen) atoms. The quantitative estimate of drug-likeness (QED) is 0.607. The van der Waals surface area contributed by atoms with Gasteiger partial charge in [0, 0.05) is 57.5 Å². The van der Waals surface area contributed by atoms with Crippen molar-refractivity contribution in [2.45, 2.75) is 51.4 Å². The summed E-state index contributed by atoms with van der Waals surface area (Å²) in [6, 6.07) is 5.92. The first-order valence-electron chi connectivity index (χ1n) is 10.9. The lowest BCUT2D eigenvalue weighted by atomic mass is 9.96. The number of unbranched alkanes of at least 4 members (excludes halogenated alkanes) is 1. The van der Waals surface area contributed by atoms with E-state index in [2.05, 4.69) is 10.3 Å². The number of carbonyl (C=O) groups is 3. The number of piperidine rings is 1. The maximum absolute atomic E-state index is 12.5. The number of hydrogen-bond donors (Lipinski definition) is 1. The van der Waals surface area contributed by atoms with E-state index in [0.29, 0.717) is 45.4 Å². The molecule has 0 spiro atoms. The van der Waals surface area contributed by atoms with Gasteiger partial charge in [0.2, 0.25) is 17.7 Å². The Kier molecular flexibility index (Phi) is 8.02. The Morgan fingerprint density at radius 1 is 1.07 bits per heavy atom. The number of rotatable bonds is 10.